The van der Waals surface area contributed by atoms with E-state index >= 15 is 0 Å². The van der Waals surface area contributed by atoms with Crippen LogP contribution in [0.4, 0.5) is 0 Å². The summed E-state index contributed by atoms with van der Waals surface area (Å²) in [4.78, 5) is 11.1. The maximum atomic E-state index is 11.1. The molecular formula is C13H11BrN2O2S. The van der Waals surface area contributed by atoms with E-state index in [4.69, 9.17) is 5.11 Å². The fourth-order valence-electron chi connectivity index (χ4n) is 1.98. The third-order valence-corrected chi connectivity index (χ3v) is 4.83. The van der Waals surface area contributed by atoms with Gasteiger partial charge in [-0.25, -0.2) is 4.79 Å². The molecule has 3 rings (SSSR count). The molecule has 1 fully saturated rings. The average molecular weight is 339 g/mol. The first kappa shape index (κ1) is 12.7. The highest BCUT2D eigenvalue weighted by Crippen LogP contribution is 2.33. The van der Waals surface area contributed by atoms with Crippen LogP contribution in [-0.4, -0.2) is 32.4 Å². The van der Waals surface area contributed by atoms with Gasteiger partial charge in [0.15, 0.2) is 5.69 Å². The van der Waals surface area contributed by atoms with Crippen LogP contribution < -0.4 is 0 Å². The SMILES string of the molecule is O=C(O)c1cc(-c2ccc(Br)cc2)n(C2CSC2)n1. The molecule has 0 spiro atoms. The van der Waals surface area contributed by atoms with Crippen molar-refractivity contribution >= 4 is 33.7 Å². The van der Waals surface area contributed by atoms with Crippen LogP contribution in [0.15, 0.2) is 34.8 Å². The third-order valence-electron chi connectivity index (χ3n) is 3.06. The van der Waals surface area contributed by atoms with Crippen molar-refractivity contribution in [2.24, 2.45) is 0 Å². The maximum Gasteiger partial charge on any atom is 0.356 e. The van der Waals surface area contributed by atoms with Gasteiger partial charge < -0.3 is 5.11 Å². The molecule has 2 aromatic rings. The van der Waals surface area contributed by atoms with E-state index < -0.39 is 5.97 Å². The number of aromatic nitrogens is 2. The molecule has 19 heavy (non-hydrogen) atoms. The van der Waals surface area contributed by atoms with Crippen LogP contribution in [0.1, 0.15) is 16.5 Å². The first-order valence-corrected chi connectivity index (χ1v) is 7.76. The molecule has 98 valence electrons. The smallest absolute Gasteiger partial charge is 0.356 e. The molecule has 4 nitrogen and oxygen atoms in total. The van der Waals surface area contributed by atoms with E-state index in [1.54, 1.807) is 6.07 Å². The molecule has 1 saturated heterocycles. The minimum Gasteiger partial charge on any atom is -0.476 e. The zero-order valence-corrected chi connectivity index (χ0v) is 12.3. The molecule has 0 aliphatic carbocycles. The first-order valence-electron chi connectivity index (χ1n) is 5.81. The van der Waals surface area contributed by atoms with Crippen molar-refractivity contribution in [3.05, 3.63) is 40.5 Å². The van der Waals surface area contributed by atoms with Gasteiger partial charge in [-0.05, 0) is 23.8 Å². The number of hydrogen-bond acceptors (Lipinski definition) is 3. The molecule has 0 radical (unpaired) electrons. The lowest BCUT2D eigenvalue weighted by molar-refractivity contribution is 0.0689. The van der Waals surface area contributed by atoms with Crippen LogP contribution in [0.3, 0.4) is 0 Å². The number of thioether (sulfide) groups is 1. The quantitative estimate of drug-likeness (QED) is 0.932. The molecule has 1 N–H and O–H groups in total. The minimum atomic E-state index is -0.982. The molecule has 0 saturated carbocycles. The standard InChI is InChI=1S/C13H11BrN2O2S/c14-9-3-1-8(2-4-9)12-5-11(13(17)18)15-16(12)10-6-19-7-10/h1-5,10H,6-7H2,(H,17,18). The molecular weight excluding hydrogens is 328 g/mol. The number of carboxylic acids is 1. The third kappa shape index (κ3) is 2.42. The van der Waals surface area contributed by atoms with Crippen LogP contribution in [0.25, 0.3) is 11.3 Å². The van der Waals surface area contributed by atoms with Gasteiger partial charge >= 0.3 is 5.97 Å². The van der Waals surface area contributed by atoms with Crippen LogP contribution >= 0.6 is 27.7 Å². The highest BCUT2D eigenvalue weighted by atomic mass is 79.9. The number of benzene rings is 1. The Balaban J connectivity index is 2.07. The summed E-state index contributed by atoms with van der Waals surface area (Å²) >= 11 is 5.25. The second-order valence-electron chi connectivity index (χ2n) is 4.36. The Labute approximate surface area is 122 Å². The predicted molar refractivity (Wildman–Crippen MR) is 78.7 cm³/mol. The summed E-state index contributed by atoms with van der Waals surface area (Å²) in [5, 5.41) is 13.3. The number of aromatic carboxylic acids is 1. The topological polar surface area (TPSA) is 55.1 Å². The fourth-order valence-corrected chi connectivity index (χ4v) is 2.97. The average Bonchev–Trinajstić information content (AvgIpc) is 2.73. The monoisotopic (exact) mass is 338 g/mol. The van der Waals surface area contributed by atoms with Crippen molar-refractivity contribution in [1.29, 1.82) is 0 Å². The van der Waals surface area contributed by atoms with Crippen molar-refractivity contribution in [3.8, 4) is 11.3 Å². The fraction of sp³-hybridized carbons (Fsp3) is 0.231. The Hall–Kier alpha value is -1.27. The molecule has 0 amide bonds. The van der Waals surface area contributed by atoms with Crippen molar-refractivity contribution in [2.45, 2.75) is 6.04 Å². The van der Waals surface area contributed by atoms with Crippen LogP contribution in [0.5, 0.6) is 0 Å². The summed E-state index contributed by atoms with van der Waals surface area (Å²) in [6.45, 7) is 0. The molecule has 1 aromatic heterocycles. The van der Waals surface area contributed by atoms with Gasteiger partial charge in [-0.2, -0.15) is 16.9 Å². The number of halogens is 1. The number of carboxylic acid groups (broad SMARTS) is 1. The van der Waals surface area contributed by atoms with Crippen molar-refractivity contribution in [1.82, 2.24) is 9.78 Å². The second-order valence-corrected chi connectivity index (χ2v) is 6.35. The highest BCUT2D eigenvalue weighted by molar-refractivity contribution is 9.10. The van der Waals surface area contributed by atoms with Gasteiger partial charge in [-0.3, -0.25) is 4.68 Å². The molecule has 1 aromatic carbocycles. The van der Waals surface area contributed by atoms with Gasteiger partial charge in [-0.15, -0.1) is 0 Å². The number of carbonyl (C=O) groups is 1. The van der Waals surface area contributed by atoms with Crippen molar-refractivity contribution in [2.75, 3.05) is 11.5 Å². The van der Waals surface area contributed by atoms with Gasteiger partial charge in [-0.1, -0.05) is 28.1 Å². The molecule has 0 unspecified atom stereocenters. The molecule has 0 bridgehead atoms. The normalized spacial score (nSPS) is 15.2. The van der Waals surface area contributed by atoms with E-state index in [0.29, 0.717) is 6.04 Å². The lowest BCUT2D eigenvalue weighted by atomic mass is 10.1. The Bertz CT molecular complexity index is 620. The Morgan fingerprint density at radius 1 is 1.37 bits per heavy atom. The Morgan fingerprint density at radius 2 is 2.05 bits per heavy atom. The minimum absolute atomic E-state index is 0.106. The molecule has 2 heterocycles. The highest BCUT2D eigenvalue weighted by Gasteiger charge is 2.25. The van der Waals surface area contributed by atoms with Gasteiger partial charge in [0.05, 0.1) is 11.7 Å². The van der Waals surface area contributed by atoms with E-state index in [2.05, 4.69) is 21.0 Å². The second kappa shape index (κ2) is 5.02. The molecule has 0 atom stereocenters. The zero-order chi connectivity index (χ0) is 13.4. The van der Waals surface area contributed by atoms with Crippen molar-refractivity contribution < 1.29 is 9.90 Å². The number of nitrogens with zero attached hydrogens (tertiary/aromatic N) is 2. The molecule has 1 aliphatic heterocycles. The van der Waals surface area contributed by atoms with Crippen LogP contribution in [0.2, 0.25) is 0 Å². The summed E-state index contributed by atoms with van der Waals surface area (Å²) in [6, 6.07) is 9.78. The van der Waals surface area contributed by atoms with E-state index in [1.165, 1.54) is 0 Å². The van der Waals surface area contributed by atoms with E-state index in [1.807, 2.05) is 40.7 Å². The lowest BCUT2D eigenvalue weighted by Crippen LogP contribution is -2.24. The van der Waals surface area contributed by atoms with E-state index in [0.717, 1.165) is 27.2 Å². The van der Waals surface area contributed by atoms with Crippen molar-refractivity contribution in [3.63, 3.8) is 0 Å². The summed E-state index contributed by atoms with van der Waals surface area (Å²) in [7, 11) is 0. The van der Waals surface area contributed by atoms with Gasteiger partial charge in [0.2, 0.25) is 0 Å². The maximum absolute atomic E-state index is 11.1. The molecule has 6 heteroatoms. The summed E-state index contributed by atoms with van der Waals surface area (Å²) in [5.74, 6) is 0.998. The Morgan fingerprint density at radius 3 is 2.58 bits per heavy atom. The van der Waals surface area contributed by atoms with E-state index in [-0.39, 0.29) is 5.69 Å². The summed E-state index contributed by atoms with van der Waals surface area (Å²) in [6.07, 6.45) is 0. The Kier molecular flexibility index (Phi) is 3.36. The van der Waals surface area contributed by atoms with E-state index in [9.17, 15) is 4.79 Å². The number of hydrogen-bond donors (Lipinski definition) is 1. The first-order chi connectivity index (χ1) is 9.15. The van der Waals surface area contributed by atoms with Crippen LogP contribution in [-0.2, 0) is 0 Å². The van der Waals surface area contributed by atoms with Crippen LogP contribution in [0, 0.1) is 0 Å². The van der Waals surface area contributed by atoms with Gasteiger partial charge in [0.25, 0.3) is 0 Å². The lowest BCUT2D eigenvalue weighted by Gasteiger charge is -2.27. The van der Waals surface area contributed by atoms with Gasteiger partial charge in [0.1, 0.15) is 0 Å². The predicted octanol–water partition coefficient (Wildman–Crippen LogP) is 3.30. The largest absolute Gasteiger partial charge is 0.476 e. The van der Waals surface area contributed by atoms with Gasteiger partial charge in [0, 0.05) is 16.0 Å². The summed E-state index contributed by atoms with van der Waals surface area (Å²) < 4.78 is 2.85. The summed E-state index contributed by atoms with van der Waals surface area (Å²) in [5.41, 5.74) is 1.96. The zero-order valence-electron chi connectivity index (χ0n) is 9.91. The molecule has 1 aliphatic rings. The number of rotatable bonds is 3.